The molecule has 6 heteroatoms. The van der Waals surface area contributed by atoms with Crippen LogP contribution in [-0.4, -0.2) is 18.1 Å². The van der Waals surface area contributed by atoms with Crippen molar-refractivity contribution in [2.75, 3.05) is 17.3 Å². The summed E-state index contributed by atoms with van der Waals surface area (Å²) in [6.07, 6.45) is 2.82. The fraction of sp³-hybridized carbons (Fsp3) is 0.179. The number of fused-ring (bicyclic) bond motifs is 2. The quantitative estimate of drug-likeness (QED) is 0.244. The summed E-state index contributed by atoms with van der Waals surface area (Å²) in [5, 5.41) is 19.7. The molecule has 0 bridgehead atoms. The summed E-state index contributed by atoms with van der Waals surface area (Å²) in [5.74, 6) is 0. The second-order valence-electron chi connectivity index (χ2n) is 8.35. The third-order valence-corrected chi connectivity index (χ3v) is 6.83. The third kappa shape index (κ3) is 4.24. The molecule has 0 amide bonds. The van der Waals surface area contributed by atoms with Gasteiger partial charge >= 0.3 is 0 Å². The van der Waals surface area contributed by atoms with Crippen molar-refractivity contribution in [2.45, 2.75) is 26.3 Å². The molecular weight excluding hydrogens is 438 g/mol. The van der Waals surface area contributed by atoms with E-state index in [9.17, 15) is 0 Å². The van der Waals surface area contributed by atoms with Crippen LogP contribution in [0.4, 0.5) is 27.9 Å². The first-order valence-corrected chi connectivity index (χ1v) is 12.4. The molecule has 0 radical (unpaired) electrons. The Morgan fingerprint density at radius 1 is 0.853 bits per heavy atom. The van der Waals surface area contributed by atoms with Gasteiger partial charge in [-0.05, 0) is 37.6 Å². The number of benzene rings is 4. The minimum Gasteiger partial charge on any atom is -0.382 e. The van der Waals surface area contributed by atoms with Crippen LogP contribution in [-0.2, 0) is 0 Å². The average Bonchev–Trinajstić information content (AvgIpc) is 3.41. The molecule has 1 unspecified atom stereocenters. The van der Waals surface area contributed by atoms with Gasteiger partial charge in [0.05, 0.1) is 5.69 Å². The molecule has 4 aromatic carbocycles. The first-order chi connectivity index (χ1) is 16.7. The smallest absolute Gasteiger partial charge is 0.229 e. The monoisotopic (exact) mass is 465 g/mol. The normalized spacial score (nSPS) is 12.4. The van der Waals surface area contributed by atoms with E-state index in [0.717, 1.165) is 34.3 Å². The molecule has 34 heavy (non-hydrogen) atoms. The molecule has 1 aromatic heterocycles. The van der Waals surface area contributed by atoms with Crippen LogP contribution in [0.15, 0.2) is 94.6 Å². The van der Waals surface area contributed by atoms with Gasteiger partial charge in [-0.15, -0.1) is 21.6 Å². The highest BCUT2D eigenvalue weighted by atomic mass is 32.1. The molecule has 0 aliphatic rings. The van der Waals surface area contributed by atoms with E-state index in [1.54, 1.807) is 6.20 Å². The highest BCUT2D eigenvalue weighted by Gasteiger charge is 2.15. The van der Waals surface area contributed by atoms with Crippen LogP contribution in [0.1, 0.15) is 20.3 Å². The second kappa shape index (κ2) is 9.61. The first kappa shape index (κ1) is 22.0. The Labute approximate surface area is 203 Å². The highest BCUT2D eigenvalue weighted by molar-refractivity contribution is 7.13. The summed E-state index contributed by atoms with van der Waals surface area (Å²) in [6, 6.07) is 25.9. The molecule has 5 aromatic rings. The van der Waals surface area contributed by atoms with Crippen molar-refractivity contribution < 1.29 is 0 Å². The molecule has 0 spiro atoms. The number of nitrogens with zero attached hydrogens (tertiary/aromatic N) is 4. The Morgan fingerprint density at radius 2 is 1.50 bits per heavy atom. The zero-order valence-corrected chi connectivity index (χ0v) is 20.4. The number of nitrogens with one attached hydrogen (secondary N) is 1. The number of thiazole rings is 1. The summed E-state index contributed by atoms with van der Waals surface area (Å²) >= 11 is 1.48. The van der Waals surface area contributed by atoms with E-state index in [-0.39, 0.29) is 0 Å². The van der Waals surface area contributed by atoms with E-state index in [4.69, 9.17) is 0 Å². The Balaban J connectivity index is 1.59. The lowest BCUT2D eigenvalue weighted by molar-refractivity contribution is 0.765. The van der Waals surface area contributed by atoms with E-state index < -0.39 is 0 Å². The van der Waals surface area contributed by atoms with Gasteiger partial charge in [0.2, 0.25) is 5.13 Å². The van der Waals surface area contributed by atoms with Gasteiger partial charge in [-0.25, -0.2) is 4.98 Å². The van der Waals surface area contributed by atoms with Gasteiger partial charge < -0.3 is 10.2 Å². The number of hydrogen-bond acceptors (Lipinski definition) is 6. The van der Waals surface area contributed by atoms with E-state index in [1.165, 1.54) is 27.8 Å². The summed E-state index contributed by atoms with van der Waals surface area (Å²) in [6.45, 7) is 4.42. The number of rotatable bonds is 7. The maximum absolute atomic E-state index is 4.49. The van der Waals surface area contributed by atoms with Crippen LogP contribution < -0.4 is 10.2 Å². The van der Waals surface area contributed by atoms with Crippen molar-refractivity contribution in [1.82, 2.24) is 4.98 Å². The van der Waals surface area contributed by atoms with Gasteiger partial charge in [0.1, 0.15) is 0 Å². The maximum Gasteiger partial charge on any atom is 0.229 e. The molecule has 170 valence electrons. The zero-order chi connectivity index (χ0) is 23.5. The molecule has 0 aliphatic heterocycles. The van der Waals surface area contributed by atoms with Gasteiger partial charge in [-0.1, -0.05) is 55.5 Å². The van der Waals surface area contributed by atoms with Crippen LogP contribution in [0.2, 0.25) is 0 Å². The van der Waals surface area contributed by atoms with Gasteiger partial charge in [-0.2, -0.15) is 0 Å². The van der Waals surface area contributed by atoms with E-state index >= 15 is 0 Å². The molecule has 0 saturated carbocycles. The Hall–Kier alpha value is -3.77. The Morgan fingerprint density at radius 3 is 2.18 bits per heavy atom. The number of hydrogen-bond donors (Lipinski definition) is 1. The van der Waals surface area contributed by atoms with Gasteiger partial charge in [0.15, 0.2) is 0 Å². The molecule has 1 atom stereocenters. The lowest BCUT2D eigenvalue weighted by Gasteiger charge is -2.25. The van der Waals surface area contributed by atoms with Gasteiger partial charge in [0.25, 0.3) is 0 Å². The molecule has 0 fully saturated rings. The van der Waals surface area contributed by atoms with Gasteiger partial charge in [0, 0.05) is 63.3 Å². The van der Waals surface area contributed by atoms with Crippen LogP contribution in [0, 0.1) is 0 Å². The summed E-state index contributed by atoms with van der Waals surface area (Å²) < 4.78 is 0. The van der Waals surface area contributed by atoms with Crippen molar-refractivity contribution in [3.05, 3.63) is 84.4 Å². The minimum atomic E-state index is 0.419. The van der Waals surface area contributed by atoms with Crippen LogP contribution in [0.25, 0.3) is 21.5 Å². The fourth-order valence-corrected chi connectivity index (χ4v) is 4.66. The number of anilines is 3. The number of azo groups is 1. The van der Waals surface area contributed by atoms with Crippen molar-refractivity contribution in [3.8, 4) is 0 Å². The second-order valence-corrected chi connectivity index (χ2v) is 9.23. The van der Waals surface area contributed by atoms with Crippen molar-refractivity contribution >= 4 is 60.8 Å². The Kier molecular flexibility index (Phi) is 6.23. The minimum absolute atomic E-state index is 0.419. The van der Waals surface area contributed by atoms with Crippen LogP contribution in [0.5, 0.6) is 0 Å². The molecule has 0 aliphatic carbocycles. The predicted molar refractivity (Wildman–Crippen MR) is 146 cm³/mol. The molecule has 1 N–H and O–H groups in total. The van der Waals surface area contributed by atoms with Crippen LogP contribution >= 0.6 is 11.3 Å². The van der Waals surface area contributed by atoms with E-state index in [2.05, 4.69) is 107 Å². The third-order valence-electron chi connectivity index (χ3n) is 6.18. The predicted octanol–water partition coefficient (Wildman–Crippen LogP) is 8.84. The molecular formula is C28H27N5S. The van der Waals surface area contributed by atoms with Crippen LogP contribution in [0.3, 0.4) is 0 Å². The maximum atomic E-state index is 4.49. The molecule has 1 heterocycles. The zero-order valence-electron chi connectivity index (χ0n) is 19.6. The largest absolute Gasteiger partial charge is 0.382 e. The van der Waals surface area contributed by atoms with E-state index in [1.807, 2.05) is 17.5 Å². The number of aromatic nitrogens is 1. The summed E-state index contributed by atoms with van der Waals surface area (Å²) in [5.41, 5.74) is 4.29. The standard InChI is InChI=1S/C28H27N5S/c1-4-19(2)30-24-13-15-26(22-11-7-5-9-20(22)24)33(3)27-16-14-25(21-10-6-8-12-23(21)27)31-32-28-29-17-18-34-28/h5-19,30H,4H2,1-3H3/b32-31+. The lowest BCUT2D eigenvalue weighted by Crippen LogP contribution is -2.14. The van der Waals surface area contributed by atoms with Crippen molar-refractivity contribution in [2.24, 2.45) is 10.2 Å². The highest BCUT2D eigenvalue weighted by Crippen LogP contribution is 2.40. The topological polar surface area (TPSA) is 52.9 Å². The Bertz CT molecular complexity index is 1460. The van der Waals surface area contributed by atoms with Crippen molar-refractivity contribution in [3.63, 3.8) is 0 Å². The lowest BCUT2D eigenvalue weighted by atomic mass is 10.0. The molecule has 0 saturated heterocycles. The first-order valence-electron chi connectivity index (χ1n) is 11.5. The molecule has 5 nitrogen and oxygen atoms in total. The van der Waals surface area contributed by atoms with Crippen molar-refractivity contribution in [1.29, 1.82) is 0 Å². The molecule has 5 rings (SSSR count). The SMILES string of the molecule is CCC(C)Nc1ccc(N(C)c2ccc(/N=N/c3nccs3)c3ccccc23)c2ccccc12. The summed E-state index contributed by atoms with van der Waals surface area (Å²) in [7, 11) is 2.13. The average molecular weight is 466 g/mol. The fourth-order valence-electron chi connectivity index (χ4n) is 4.21. The van der Waals surface area contributed by atoms with E-state index in [0.29, 0.717) is 11.2 Å². The van der Waals surface area contributed by atoms with Gasteiger partial charge in [-0.3, -0.25) is 0 Å². The summed E-state index contributed by atoms with van der Waals surface area (Å²) in [4.78, 5) is 6.46.